The molecule has 0 nitrogen and oxygen atoms in total. The van der Waals surface area contributed by atoms with Gasteiger partial charge in [0.1, 0.15) is 0 Å². The summed E-state index contributed by atoms with van der Waals surface area (Å²) in [7, 11) is 0. The van der Waals surface area contributed by atoms with Gasteiger partial charge in [-0.15, -0.1) is 0 Å². The Hall–Kier alpha value is 0.940. The number of alkyl halides is 1. The zero-order valence-corrected chi connectivity index (χ0v) is 16.0. The van der Waals surface area contributed by atoms with Crippen LogP contribution >= 0.6 is 45.2 Å². The molecule has 102 valence electrons. The monoisotopic (exact) mass is 470 g/mol. The average Bonchev–Trinajstić information content (AvgIpc) is 2.52. The minimum Gasteiger partial charge on any atom is -0.0864 e. The van der Waals surface area contributed by atoms with E-state index >= 15 is 0 Å². The van der Waals surface area contributed by atoms with Crippen LogP contribution in [0.15, 0.2) is 21.3 Å². The molecule has 0 aromatic carbocycles. The fourth-order valence-corrected chi connectivity index (χ4v) is 5.47. The highest BCUT2D eigenvalue weighted by molar-refractivity contribution is 14.1. The standard InChI is InChI=1S/C16H24I2/c1-4-5-12-13-7-6-11(18)10-15(13)16(2,3)14(12)8-9-17/h6,10,12-14H,4-5,7-9H2,1-3H3. The summed E-state index contributed by atoms with van der Waals surface area (Å²) < 4.78 is 2.76. The summed E-state index contributed by atoms with van der Waals surface area (Å²) in [4.78, 5) is 0. The molecule has 0 bridgehead atoms. The van der Waals surface area contributed by atoms with Crippen molar-refractivity contribution in [2.45, 2.75) is 46.5 Å². The Kier molecular flexibility index (Phi) is 5.24. The van der Waals surface area contributed by atoms with E-state index in [9.17, 15) is 0 Å². The topological polar surface area (TPSA) is 0 Å². The van der Waals surface area contributed by atoms with Crippen LogP contribution < -0.4 is 0 Å². The largest absolute Gasteiger partial charge is 0.0864 e. The van der Waals surface area contributed by atoms with Crippen LogP contribution in [0.25, 0.3) is 0 Å². The molecule has 1 saturated carbocycles. The fourth-order valence-electron chi connectivity index (χ4n) is 4.21. The Labute approximate surface area is 139 Å². The first-order chi connectivity index (χ1) is 8.52. The van der Waals surface area contributed by atoms with Crippen molar-refractivity contribution in [2.75, 3.05) is 4.43 Å². The van der Waals surface area contributed by atoms with Crippen LogP contribution in [0.2, 0.25) is 0 Å². The Balaban J connectivity index is 2.34. The zero-order chi connectivity index (χ0) is 13.3. The van der Waals surface area contributed by atoms with Crippen LogP contribution in [0, 0.1) is 23.2 Å². The predicted molar refractivity (Wildman–Crippen MR) is 97.5 cm³/mol. The highest BCUT2D eigenvalue weighted by Gasteiger charge is 2.50. The van der Waals surface area contributed by atoms with Crippen molar-refractivity contribution in [2.24, 2.45) is 23.2 Å². The van der Waals surface area contributed by atoms with E-state index < -0.39 is 0 Å². The second kappa shape index (κ2) is 6.15. The summed E-state index contributed by atoms with van der Waals surface area (Å²) in [5, 5.41) is 0. The summed E-state index contributed by atoms with van der Waals surface area (Å²) in [5.74, 6) is 2.65. The number of halogens is 2. The number of fused-ring (bicyclic) bond motifs is 1. The fraction of sp³-hybridized carbons (Fsp3) is 0.750. The van der Waals surface area contributed by atoms with Gasteiger partial charge in [0.15, 0.2) is 0 Å². The minimum absolute atomic E-state index is 0.417. The van der Waals surface area contributed by atoms with Crippen molar-refractivity contribution in [3.8, 4) is 0 Å². The molecule has 2 aliphatic carbocycles. The maximum Gasteiger partial charge on any atom is 0.00900 e. The molecule has 2 rings (SSSR count). The molecule has 0 aliphatic heterocycles. The van der Waals surface area contributed by atoms with Crippen molar-refractivity contribution >= 4 is 45.2 Å². The summed E-state index contributed by atoms with van der Waals surface area (Å²) in [6, 6.07) is 0. The van der Waals surface area contributed by atoms with Crippen molar-refractivity contribution in [1.82, 2.24) is 0 Å². The normalized spacial score (nSPS) is 33.9. The van der Waals surface area contributed by atoms with E-state index in [0.717, 1.165) is 17.8 Å². The number of hydrogen-bond donors (Lipinski definition) is 0. The van der Waals surface area contributed by atoms with E-state index in [1.807, 2.05) is 0 Å². The lowest BCUT2D eigenvalue weighted by Crippen LogP contribution is -2.23. The van der Waals surface area contributed by atoms with Crippen molar-refractivity contribution in [3.63, 3.8) is 0 Å². The van der Waals surface area contributed by atoms with Gasteiger partial charge >= 0.3 is 0 Å². The second-order valence-corrected chi connectivity index (χ2v) is 8.61. The Morgan fingerprint density at radius 1 is 1.33 bits per heavy atom. The molecule has 0 heterocycles. The van der Waals surface area contributed by atoms with Gasteiger partial charge in [-0.2, -0.15) is 0 Å². The van der Waals surface area contributed by atoms with Gasteiger partial charge in [-0.25, -0.2) is 0 Å². The molecule has 0 N–H and O–H groups in total. The van der Waals surface area contributed by atoms with E-state index in [1.165, 1.54) is 33.7 Å². The molecule has 2 heteroatoms. The lowest BCUT2D eigenvalue weighted by molar-refractivity contribution is 0.210. The quantitative estimate of drug-likeness (QED) is 0.342. The lowest BCUT2D eigenvalue weighted by atomic mass is 9.74. The predicted octanol–water partition coefficient (Wildman–Crippen LogP) is 6.15. The molecule has 0 aromatic heterocycles. The summed E-state index contributed by atoms with van der Waals surface area (Å²) in [5.41, 5.74) is 2.17. The van der Waals surface area contributed by atoms with Gasteiger partial charge in [-0.1, -0.05) is 61.4 Å². The Morgan fingerprint density at radius 2 is 2.06 bits per heavy atom. The highest BCUT2D eigenvalue weighted by atomic mass is 127. The van der Waals surface area contributed by atoms with Crippen LogP contribution in [0.4, 0.5) is 0 Å². The molecule has 0 amide bonds. The SMILES string of the molecule is CCCC1C2CC=C(I)C=C2C(C)(C)C1CCI. The maximum absolute atomic E-state index is 2.56. The van der Waals surface area contributed by atoms with Crippen molar-refractivity contribution in [1.29, 1.82) is 0 Å². The van der Waals surface area contributed by atoms with E-state index in [1.54, 1.807) is 5.57 Å². The summed E-state index contributed by atoms with van der Waals surface area (Å²) >= 11 is 5.05. The zero-order valence-electron chi connectivity index (χ0n) is 11.7. The molecule has 1 fully saturated rings. The van der Waals surface area contributed by atoms with E-state index in [-0.39, 0.29) is 0 Å². The van der Waals surface area contributed by atoms with E-state index in [4.69, 9.17) is 0 Å². The molecular formula is C16H24I2. The minimum atomic E-state index is 0.417. The molecule has 0 radical (unpaired) electrons. The molecular weight excluding hydrogens is 446 g/mol. The molecule has 0 saturated heterocycles. The summed E-state index contributed by atoms with van der Waals surface area (Å²) in [6.45, 7) is 7.33. The smallest absolute Gasteiger partial charge is 0.00900 e. The van der Waals surface area contributed by atoms with Crippen molar-refractivity contribution < 1.29 is 0 Å². The van der Waals surface area contributed by atoms with Gasteiger partial charge in [-0.3, -0.25) is 0 Å². The van der Waals surface area contributed by atoms with Crippen LogP contribution in [0.1, 0.15) is 46.5 Å². The summed E-state index contributed by atoms with van der Waals surface area (Å²) in [6.07, 6.45) is 10.4. The Bertz CT molecular complexity index is 365. The molecule has 0 spiro atoms. The maximum atomic E-state index is 2.56. The number of rotatable bonds is 4. The number of hydrogen-bond acceptors (Lipinski definition) is 0. The van der Waals surface area contributed by atoms with E-state index in [2.05, 4.69) is 78.1 Å². The number of allylic oxidation sites excluding steroid dienone is 4. The highest BCUT2D eigenvalue weighted by Crippen LogP contribution is 2.59. The van der Waals surface area contributed by atoms with Gasteiger partial charge in [-0.05, 0) is 75.5 Å². The molecule has 18 heavy (non-hydrogen) atoms. The Morgan fingerprint density at radius 3 is 2.67 bits per heavy atom. The molecule has 2 aliphatic rings. The third kappa shape index (κ3) is 2.70. The van der Waals surface area contributed by atoms with Crippen LogP contribution in [0.3, 0.4) is 0 Å². The van der Waals surface area contributed by atoms with Gasteiger partial charge < -0.3 is 0 Å². The molecule has 0 aromatic rings. The van der Waals surface area contributed by atoms with Gasteiger partial charge in [0.05, 0.1) is 0 Å². The van der Waals surface area contributed by atoms with Gasteiger partial charge in [0.2, 0.25) is 0 Å². The first-order valence-corrected chi connectivity index (χ1v) is 9.76. The first kappa shape index (κ1) is 15.3. The molecule has 3 atom stereocenters. The van der Waals surface area contributed by atoms with E-state index in [0.29, 0.717) is 5.41 Å². The van der Waals surface area contributed by atoms with Crippen LogP contribution in [-0.2, 0) is 0 Å². The van der Waals surface area contributed by atoms with Crippen LogP contribution in [0.5, 0.6) is 0 Å². The van der Waals surface area contributed by atoms with Gasteiger partial charge in [0.25, 0.3) is 0 Å². The third-order valence-corrected chi connectivity index (χ3v) is 6.38. The third-order valence-electron chi connectivity index (χ3n) is 5.01. The second-order valence-electron chi connectivity index (χ2n) is 6.29. The van der Waals surface area contributed by atoms with Crippen molar-refractivity contribution in [3.05, 3.63) is 21.3 Å². The average molecular weight is 470 g/mol. The molecule has 3 unspecified atom stereocenters. The van der Waals surface area contributed by atoms with Gasteiger partial charge in [0, 0.05) is 3.58 Å². The first-order valence-electron chi connectivity index (χ1n) is 7.16. The lowest BCUT2D eigenvalue weighted by Gasteiger charge is -2.31. The van der Waals surface area contributed by atoms with Crippen LogP contribution in [-0.4, -0.2) is 4.43 Å².